The predicted molar refractivity (Wildman–Crippen MR) is 136 cm³/mol. The van der Waals surface area contributed by atoms with Crippen molar-refractivity contribution in [3.8, 4) is 11.3 Å². The van der Waals surface area contributed by atoms with E-state index in [0.29, 0.717) is 6.61 Å². The van der Waals surface area contributed by atoms with E-state index in [-0.39, 0.29) is 23.0 Å². The average Bonchev–Trinajstić information content (AvgIpc) is 2.84. The number of rotatable bonds is 3. The Morgan fingerprint density at radius 2 is 1.62 bits per heavy atom. The Morgan fingerprint density at radius 1 is 0.853 bits per heavy atom. The minimum absolute atomic E-state index is 0.0386. The molecule has 0 radical (unpaired) electrons. The molecule has 3 heteroatoms. The van der Waals surface area contributed by atoms with E-state index in [1.165, 1.54) is 55.1 Å². The van der Waals surface area contributed by atoms with E-state index in [0.717, 1.165) is 5.57 Å². The number of nitrogens with zero attached hydrogens (tertiary/aromatic N) is 1. The van der Waals surface area contributed by atoms with Crippen molar-refractivity contribution in [3.05, 3.63) is 88.6 Å². The van der Waals surface area contributed by atoms with E-state index in [1.54, 1.807) is 7.11 Å². The fourth-order valence-electron chi connectivity index (χ4n) is 7.78. The van der Waals surface area contributed by atoms with Gasteiger partial charge in [-0.1, -0.05) is 62.4 Å². The summed E-state index contributed by atoms with van der Waals surface area (Å²) in [5, 5.41) is 15.8. The van der Waals surface area contributed by atoms with E-state index >= 15 is 0 Å². The molecule has 170 valence electrons. The van der Waals surface area contributed by atoms with Gasteiger partial charge in [0.15, 0.2) is 6.20 Å². The van der Waals surface area contributed by atoms with E-state index in [9.17, 15) is 5.11 Å². The molecule has 0 bridgehead atoms. The Kier molecular flexibility index (Phi) is 3.69. The molecule has 2 aliphatic carbocycles. The van der Waals surface area contributed by atoms with Crippen molar-refractivity contribution < 1.29 is 14.4 Å². The lowest BCUT2D eigenvalue weighted by atomic mass is 9.46. The summed E-state index contributed by atoms with van der Waals surface area (Å²) in [6.45, 7) is 9.98. The van der Waals surface area contributed by atoms with Crippen LogP contribution in [0.4, 0.5) is 0 Å². The molecule has 0 saturated carbocycles. The van der Waals surface area contributed by atoms with Gasteiger partial charge in [0.05, 0.1) is 24.2 Å². The molecule has 2 heterocycles. The van der Waals surface area contributed by atoms with Gasteiger partial charge in [0.2, 0.25) is 11.2 Å². The molecule has 0 fully saturated rings. The van der Waals surface area contributed by atoms with Crippen LogP contribution >= 0.6 is 0 Å². The highest BCUT2D eigenvalue weighted by molar-refractivity contribution is 6.07. The van der Waals surface area contributed by atoms with Crippen molar-refractivity contribution in [3.63, 3.8) is 0 Å². The molecule has 0 amide bonds. The molecule has 2 atom stereocenters. The van der Waals surface area contributed by atoms with Gasteiger partial charge >= 0.3 is 0 Å². The highest BCUT2D eigenvalue weighted by atomic mass is 16.5. The number of pyridine rings is 1. The molecule has 7 rings (SSSR count). The molecule has 1 aromatic heterocycles. The Balaban J connectivity index is 1.79. The first-order chi connectivity index (χ1) is 16.3. The standard InChI is InChI=1S/C31H30NO2/c1-29(2)21-12-8-10-18-13-14-22-26(25(18)21)28-27(29)20-11-7-6-9-19(20)15-32(28)31(4)23(16-33)24(17-34-5)30(22,31)3/h6-15,33H,16-17H2,1-5H3/q+1. The number of aromatic nitrogens is 1. The van der Waals surface area contributed by atoms with Crippen LogP contribution in [0, 0.1) is 0 Å². The van der Waals surface area contributed by atoms with Crippen LogP contribution in [0.15, 0.2) is 71.9 Å². The first-order valence-electron chi connectivity index (χ1n) is 12.2. The van der Waals surface area contributed by atoms with Crippen molar-refractivity contribution in [2.75, 3.05) is 20.3 Å². The van der Waals surface area contributed by atoms with Gasteiger partial charge in [-0.2, -0.15) is 4.57 Å². The van der Waals surface area contributed by atoms with Crippen molar-refractivity contribution in [2.45, 2.75) is 44.1 Å². The van der Waals surface area contributed by atoms with Crippen LogP contribution in [-0.2, 0) is 21.1 Å². The van der Waals surface area contributed by atoms with Crippen molar-refractivity contribution in [1.82, 2.24) is 0 Å². The summed E-state index contributed by atoms with van der Waals surface area (Å²) in [6, 6.07) is 20.2. The van der Waals surface area contributed by atoms with Crippen LogP contribution in [0.5, 0.6) is 0 Å². The molecule has 1 aliphatic heterocycles. The van der Waals surface area contributed by atoms with Gasteiger partial charge in [0.25, 0.3) is 0 Å². The van der Waals surface area contributed by atoms with Crippen molar-refractivity contribution >= 4 is 21.5 Å². The third kappa shape index (κ3) is 1.91. The highest BCUT2D eigenvalue weighted by Gasteiger charge is 2.71. The Bertz CT molecular complexity index is 1610. The van der Waals surface area contributed by atoms with Crippen LogP contribution < -0.4 is 4.57 Å². The molecule has 3 aromatic carbocycles. The second-order valence-corrected chi connectivity index (χ2v) is 11.1. The van der Waals surface area contributed by atoms with Gasteiger partial charge in [0, 0.05) is 36.0 Å². The van der Waals surface area contributed by atoms with Crippen molar-refractivity contribution in [2.24, 2.45) is 0 Å². The average molecular weight is 449 g/mol. The van der Waals surface area contributed by atoms with E-state index in [2.05, 4.69) is 93.1 Å². The number of aliphatic hydroxyl groups is 1. The first kappa shape index (κ1) is 20.4. The largest absolute Gasteiger partial charge is 0.392 e. The maximum Gasteiger partial charge on any atom is 0.218 e. The van der Waals surface area contributed by atoms with Crippen LogP contribution in [0.25, 0.3) is 32.8 Å². The van der Waals surface area contributed by atoms with Gasteiger partial charge in [-0.3, -0.25) is 0 Å². The zero-order chi connectivity index (χ0) is 23.6. The predicted octanol–water partition coefficient (Wildman–Crippen LogP) is 5.52. The molecule has 3 aliphatic rings. The highest BCUT2D eigenvalue weighted by Crippen LogP contribution is 2.64. The minimum Gasteiger partial charge on any atom is -0.392 e. The van der Waals surface area contributed by atoms with E-state index in [4.69, 9.17) is 4.74 Å². The summed E-state index contributed by atoms with van der Waals surface area (Å²) >= 11 is 0. The van der Waals surface area contributed by atoms with E-state index < -0.39 is 0 Å². The monoisotopic (exact) mass is 448 g/mol. The van der Waals surface area contributed by atoms with Crippen LogP contribution in [-0.4, -0.2) is 25.4 Å². The fraction of sp³-hybridized carbons (Fsp3) is 0.323. The third-order valence-electron chi connectivity index (χ3n) is 9.55. The maximum atomic E-state index is 10.6. The number of ether oxygens (including phenoxy) is 1. The number of fused-ring (bicyclic) bond motifs is 5. The Morgan fingerprint density at radius 3 is 2.38 bits per heavy atom. The topological polar surface area (TPSA) is 33.3 Å². The Labute approximate surface area is 200 Å². The van der Waals surface area contributed by atoms with Crippen LogP contribution in [0.3, 0.4) is 0 Å². The molecule has 0 spiro atoms. The normalized spacial score (nSPS) is 25.5. The summed E-state index contributed by atoms with van der Waals surface area (Å²) in [5.74, 6) is 0. The zero-order valence-corrected chi connectivity index (χ0v) is 20.5. The van der Waals surface area contributed by atoms with Crippen LogP contribution in [0.2, 0.25) is 0 Å². The zero-order valence-electron chi connectivity index (χ0n) is 20.5. The van der Waals surface area contributed by atoms with E-state index in [1.807, 2.05) is 0 Å². The molecule has 34 heavy (non-hydrogen) atoms. The lowest BCUT2D eigenvalue weighted by Gasteiger charge is -2.58. The fourth-order valence-corrected chi connectivity index (χ4v) is 7.78. The third-order valence-corrected chi connectivity index (χ3v) is 9.55. The van der Waals surface area contributed by atoms with Crippen LogP contribution in [0.1, 0.15) is 44.4 Å². The Hall–Kier alpha value is -3.01. The number of methoxy groups -OCH3 is 1. The van der Waals surface area contributed by atoms with Gasteiger partial charge in [-0.15, -0.1) is 0 Å². The second kappa shape index (κ2) is 6.16. The lowest BCUT2D eigenvalue weighted by molar-refractivity contribution is -0.757. The first-order valence-corrected chi connectivity index (χ1v) is 12.2. The number of hydrogen-bond donors (Lipinski definition) is 1. The summed E-state index contributed by atoms with van der Waals surface area (Å²) in [6.07, 6.45) is 2.33. The van der Waals surface area contributed by atoms with Gasteiger partial charge < -0.3 is 9.84 Å². The SMILES string of the molecule is COCC1=C(CO)C2(C)[n+]3cc4ccccc4c4c3-c3c(ccc5cccc(c35)C4(C)C)C12C. The second-order valence-electron chi connectivity index (χ2n) is 11.1. The number of aliphatic hydroxyl groups excluding tert-OH is 1. The van der Waals surface area contributed by atoms with Crippen molar-refractivity contribution in [1.29, 1.82) is 0 Å². The molecular weight excluding hydrogens is 418 g/mol. The summed E-state index contributed by atoms with van der Waals surface area (Å²) < 4.78 is 8.20. The lowest BCUT2D eigenvalue weighted by Crippen LogP contribution is -2.76. The molecule has 0 saturated heterocycles. The summed E-state index contributed by atoms with van der Waals surface area (Å²) in [4.78, 5) is 0. The van der Waals surface area contributed by atoms with Gasteiger partial charge in [-0.25, -0.2) is 0 Å². The van der Waals surface area contributed by atoms with Gasteiger partial charge in [0.1, 0.15) is 0 Å². The molecule has 3 nitrogen and oxygen atoms in total. The molecule has 4 aromatic rings. The molecule has 1 N–H and O–H groups in total. The summed E-state index contributed by atoms with van der Waals surface area (Å²) in [5.41, 5.74) is 8.31. The quantitative estimate of drug-likeness (QED) is 0.331. The maximum absolute atomic E-state index is 10.6. The summed E-state index contributed by atoms with van der Waals surface area (Å²) in [7, 11) is 1.75. The smallest absolute Gasteiger partial charge is 0.218 e. The van der Waals surface area contributed by atoms with Gasteiger partial charge in [-0.05, 0) is 45.8 Å². The number of benzene rings is 3. The molecular formula is C31H30NO2+. The number of hydrogen-bond acceptors (Lipinski definition) is 2. The minimum atomic E-state index is -0.368. The molecule has 2 unspecified atom stereocenters.